The number of hydrogen-bond donors (Lipinski definition) is 1. The van der Waals surface area contributed by atoms with E-state index < -0.39 is 0 Å². The second-order valence-corrected chi connectivity index (χ2v) is 7.99. The fourth-order valence-corrected chi connectivity index (χ4v) is 4.11. The fraction of sp³-hybridized carbons (Fsp3) is 0.211. The average molecular weight is 383 g/mol. The second-order valence-electron chi connectivity index (χ2n) is 6.05. The molecule has 0 fully saturated rings. The number of rotatable bonds is 6. The van der Waals surface area contributed by atoms with Gasteiger partial charge in [0.05, 0.1) is 22.8 Å². The van der Waals surface area contributed by atoms with Crippen molar-refractivity contribution in [3.05, 3.63) is 63.7 Å². The van der Waals surface area contributed by atoms with Gasteiger partial charge >= 0.3 is 0 Å². The van der Waals surface area contributed by atoms with Crippen molar-refractivity contribution in [1.29, 1.82) is 0 Å². The minimum absolute atomic E-state index is 0.00493. The van der Waals surface area contributed by atoms with E-state index in [2.05, 4.69) is 44.9 Å². The Labute approximate surface area is 159 Å². The lowest BCUT2D eigenvalue weighted by molar-refractivity contribution is -0.120. The van der Waals surface area contributed by atoms with Crippen molar-refractivity contribution in [2.75, 3.05) is 6.54 Å². The van der Waals surface area contributed by atoms with Crippen molar-refractivity contribution in [2.45, 2.75) is 19.8 Å². The Morgan fingerprint density at radius 2 is 2.04 bits per heavy atom. The van der Waals surface area contributed by atoms with Gasteiger partial charge in [0.15, 0.2) is 4.96 Å². The van der Waals surface area contributed by atoms with Crippen molar-refractivity contribution < 1.29 is 4.79 Å². The summed E-state index contributed by atoms with van der Waals surface area (Å²) in [5.41, 5.74) is 4.15. The SMILES string of the molecule is Cc1nc(-c2ccc(CCNC(=O)Cc3cn4ccsc4n3)cc2)cs1. The molecular weight excluding hydrogens is 364 g/mol. The number of aryl methyl sites for hydroxylation is 1. The van der Waals surface area contributed by atoms with Crippen LogP contribution < -0.4 is 5.32 Å². The summed E-state index contributed by atoms with van der Waals surface area (Å²) < 4.78 is 1.94. The number of imidazole rings is 1. The molecule has 0 radical (unpaired) electrons. The molecule has 0 aliphatic rings. The van der Waals surface area contributed by atoms with Crippen LogP contribution in [-0.4, -0.2) is 26.8 Å². The van der Waals surface area contributed by atoms with Gasteiger partial charge in [-0.1, -0.05) is 24.3 Å². The van der Waals surface area contributed by atoms with Gasteiger partial charge in [-0.15, -0.1) is 22.7 Å². The third-order valence-corrected chi connectivity index (χ3v) is 5.63. The van der Waals surface area contributed by atoms with Crippen LogP contribution in [0.3, 0.4) is 0 Å². The van der Waals surface area contributed by atoms with Crippen LogP contribution in [0, 0.1) is 6.92 Å². The molecule has 5 nitrogen and oxygen atoms in total. The topological polar surface area (TPSA) is 59.3 Å². The molecular formula is C19H18N4OS2. The number of carbonyl (C=O) groups excluding carboxylic acids is 1. The highest BCUT2D eigenvalue weighted by atomic mass is 32.1. The summed E-state index contributed by atoms with van der Waals surface area (Å²) in [5.74, 6) is 0.00493. The molecule has 0 atom stereocenters. The molecule has 0 saturated carbocycles. The van der Waals surface area contributed by atoms with E-state index in [1.54, 1.807) is 22.7 Å². The van der Waals surface area contributed by atoms with Crippen molar-refractivity contribution in [3.63, 3.8) is 0 Å². The summed E-state index contributed by atoms with van der Waals surface area (Å²) in [5, 5.41) is 8.10. The first-order valence-corrected chi connectivity index (χ1v) is 10.1. The van der Waals surface area contributed by atoms with Crippen LogP contribution in [0.1, 0.15) is 16.3 Å². The number of nitrogens with zero attached hydrogens (tertiary/aromatic N) is 3. The van der Waals surface area contributed by atoms with E-state index in [9.17, 15) is 4.79 Å². The second kappa shape index (κ2) is 7.39. The molecule has 3 aromatic heterocycles. The van der Waals surface area contributed by atoms with Gasteiger partial charge < -0.3 is 5.32 Å². The Kier molecular flexibility index (Phi) is 4.81. The van der Waals surface area contributed by atoms with Gasteiger partial charge in [0.1, 0.15) is 0 Å². The van der Waals surface area contributed by atoms with Gasteiger partial charge in [-0.25, -0.2) is 9.97 Å². The summed E-state index contributed by atoms with van der Waals surface area (Å²) in [6, 6.07) is 8.37. The van der Waals surface area contributed by atoms with Crippen molar-refractivity contribution >= 4 is 33.5 Å². The van der Waals surface area contributed by atoms with E-state index in [4.69, 9.17) is 0 Å². The average Bonchev–Trinajstić information content (AvgIpc) is 3.32. The number of thiazole rings is 2. The zero-order chi connectivity index (χ0) is 17.9. The first-order chi connectivity index (χ1) is 12.7. The molecule has 0 bridgehead atoms. The first-order valence-electron chi connectivity index (χ1n) is 8.36. The lowest BCUT2D eigenvalue weighted by atomic mass is 10.1. The third kappa shape index (κ3) is 3.84. The van der Waals surface area contributed by atoms with Gasteiger partial charge in [-0.2, -0.15) is 0 Å². The lowest BCUT2D eigenvalue weighted by Gasteiger charge is -2.05. The number of aromatic nitrogens is 3. The maximum atomic E-state index is 12.1. The van der Waals surface area contributed by atoms with E-state index in [1.165, 1.54) is 5.56 Å². The molecule has 1 aromatic carbocycles. The summed E-state index contributed by atoms with van der Waals surface area (Å²) >= 11 is 3.23. The van der Waals surface area contributed by atoms with Crippen molar-refractivity contribution in [3.8, 4) is 11.3 Å². The third-order valence-electron chi connectivity index (χ3n) is 4.09. The van der Waals surface area contributed by atoms with Crippen molar-refractivity contribution in [1.82, 2.24) is 19.7 Å². The Balaban J connectivity index is 1.27. The number of carbonyl (C=O) groups is 1. The van der Waals surface area contributed by atoms with Gasteiger partial charge in [0.2, 0.25) is 5.91 Å². The molecule has 4 aromatic rings. The zero-order valence-electron chi connectivity index (χ0n) is 14.3. The van der Waals surface area contributed by atoms with E-state index in [1.807, 2.05) is 29.1 Å². The first kappa shape index (κ1) is 16.9. The summed E-state index contributed by atoms with van der Waals surface area (Å²) in [4.78, 5) is 21.9. The summed E-state index contributed by atoms with van der Waals surface area (Å²) in [6.07, 6.45) is 4.98. The van der Waals surface area contributed by atoms with Crippen LogP contribution in [0.4, 0.5) is 0 Å². The van der Waals surface area contributed by atoms with Gasteiger partial charge in [-0.05, 0) is 18.9 Å². The standard InChI is InChI=1S/C19H18N4OS2/c1-13-21-17(12-26-13)15-4-2-14(3-5-15)6-7-20-18(24)10-16-11-23-8-9-25-19(23)22-16/h2-5,8-9,11-12H,6-7,10H2,1H3,(H,20,24). The van der Waals surface area contributed by atoms with E-state index in [0.29, 0.717) is 13.0 Å². The van der Waals surface area contributed by atoms with E-state index in [0.717, 1.165) is 33.3 Å². The maximum absolute atomic E-state index is 12.1. The molecule has 1 amide bonds. The Bertz CT molecular complexity index is 1000. The molecule has 26 heavy (non-hydrogen) atoms. The Morgan fingerprint density at radius 1 is 1.19 bits per heavy atom. The minimum Gasteiger partial charge on any atom is -0.355 e. The maximum Gasteiger partial charge on any atom is 0.226 e. The monoisotopic (exact) mass is 382 g/mol. The molecule has 0 aliphatic heterocycles. The van der Waals surface area contributed by atoms with Crippen LogP contribution in [0.15, 0.2) is 47.4 Å². The molecule has 7 heteroatoms. The van der Waals surface area contributed by atoms with Crippen molar-refractivity contribution in [2.24, 2.45) is 0 Å². The molecule has 3 heterocycles. The molecule has 0 spiro atoms. The Morgan fingerprint density at radius 3 is 2.77 bits per heavy atom. The normalized spacial score (nSPS) is 11.1. The van der Waals surface area contributed by atoms with Gasteiger partial charge in [-0.3, -0.25) is 9.20 Å². The highest BCUT2D eigenvalue weighted by Crippen LogP contribution is 2.21. The van der Waals surface area contributed by atoms with Crippen LogP contribution in [0.2, 0.25) is 0 Å². The van der Waals surface area contributed by atoms with Gasteiger partial charge in [0.25, 0.3) is 0 Å². The number of benzene rings is 1. The number of fused-ring (bicyclic) bond motifs is 1. The van der Waals surface area contributed by atoms with Crippen LogP contribution in [0.5, 0.6) is 0 Å². The highest BCUT2D eigenvalue weighted by molar-refractivity contribution is 7.15. The zero-order valence-corrected chi connectivity index (χ0v) is 15.9. The smallest absolute Gasteiger partial charge is 0.226 e. The molecule has 4 rings (SSSR count). The van der Waals surface area contributed by atoms with E-state index >= 15 is 0 Å². The van der Waals surface area contributed by atoms with Crippen LogP contribution in [0.25, 0.3) is 16.2 Å². The molecule has 0 unspecified atom stereocenters. The fourth-order valence-electron chi connectivity index (χ4n) is 2.77. The summed E-state index contributed by atoms with van der Waals surface area (Å²) in [7, 11) is 0. The van der Waals surface area contributed by atoms with E-state index in [-0.39, 0.29) is 5.91 Å². The molecule has 132 valence electrons. The van der Waals surface area contributed by atoms with Gasteiger partial charge in [0, 0.05) is 35.3 Å². The number of amides is 1. The molecule has 0 aliphatic carbocycles. The van der Waals surface area contributed by atoms with Crippen LogP contribution >= 0.6 is 22.7 Å². The predicted molar refractivity (Wildman–Crippen MR) is 106 cm³/mol. The number of hydrogen-bond acceptors (Lipinski definition) is 5. The summed E-state index contributed by atoms with van der Waals surface area (Å²) in [6.45, 7) is 2.63. The minimum atomic E-state index is 0.00493. The molecule has 0 saturated heterocycles. The quantitative estimate of drug-likeness (QED) is 0.553. The highest BCUT2D eigenvalue weighted by Gasteiger charge is 2.08. The number of nitrogens with one attached hydrogen (secondary N) is 1. The largest absolute Gasteiger partial charge is 0.355 e. The Hall–Kier alpha value is -2.51. The van der Waals surface area contributed by atoms with Crippen LogP contribution in [-0.2, 0) is 17.6 Å². The molecule has 1 N–H and O–H groups in total. The lowest BCUT2D eigenvalue weighted by Crippen LogP contribution is -2.27. The predicted octanol–water partition coefficient (Wildman–Crippen LogP) is 3.73.